The third-order valence-corrected chi connectivity index (χ3v) is 2.83. The van der Waals surface area contributed by atoms with Gasteiger partial charge in [0.15, 0.2) is 0 Å². The minimum atomic E-state index is 0.342. The van der Waals surface area contributed by atoms with Crippen molar-refractivity contribution in [1.82, 2.24) is 0 Å². The molecule has 0 aliphatic heterocycles. The summed E-state index contributed by atoms with van der Waals surface area (Å²) in [5.41, 5.74) is 1.19. The highest BCUT2D eigenvalue weighted by molar-refractivity contribution is 9.10. The summed E-state index contributed by atoms with van der Waals surface area (Å²) in [4.78, 5) is 0. The van der Waals surface area contributed by atoms with Crippen molar-refractivity contribution in [2.75, 3.05) is 0 Å². The van der Waals surface area contributed by atoms with Crippen LogP contribution in [0.25, 0.3) is 0 Å². The molecule has 0 amide bonds. The fraction of sp³-hybridized carbons (Fsp3) is 0.500. The lowest BCUT2D eigenvalue weighted by Crippen LogP contribution is -2.14. The van der Waals surface area contributed by atoms with Gasteiger partial charge in [-0.05, 0) is 43.5 Å². The number of benzene rings is 1. The first-order chi connectivity index (χ1) is 6.67. The van der Waals surface area contributed by atoms with Gasteiger partial charge in [-0.25, -0.2) is 0 Å². The minimum absolute atomic E-state index is 0.342. The van der Waals surface area contributed by atoms with Crippen molar-refractivity contribution in [2.45, 2.75) is 39.7 Å². The van der Waals surface area contributed by atoms with Crippen LogP contribution in [0.2, 0.25) is 0 Å². The Kier molecular flexibility index (Phi) is 4.46. The van der Waals surface area contributed by atoms with Gasteiger partial charge in [0.25, 0.3) is 0 Å². The Morgan fingerprint density at radius 2 is 1.93 bits per heavy atom. The largest absolute Gasteiger partial charge is 0.490 e. The lowest BCUT2D eigenvalue weighted by molar-refractivity contribution is 0.191. The molecule has 1 rings (SSSR count). The Balaban J connectivity index is 2.76. The molecule has 0 radical (unpaired) electrons. The molecular formula is C12H17BrO. The average molecular weight is 257 g/mol. The second-order valence-electron chi connectivity index (χ2n) is 3.47. The maximum absolute atomic E-state index is 5.88. The van der Waals surface area contributed by atoms with Crippen molar-refractivity contribution < 1.29 is 4.74 Å². The normalized spacial score (nSPS) is 10.6. The van der Waals surface area contributed by atoms with E-state index < -0.39 is 0 Å². The summed E-state index contributed by atoms with van der Waals surface area (Å²) in [6, 6.07) is 6.13. The van der Waals surface area contributed by atoms with Crippen LogP contribution in [0.3, 0.4) is 0 Å². The van der Waals surface area contributed by atoms with Crippen LogP contribution in [0.5, 0.6) is 5.75 Å². The van der Waals surface area contributed by atoms with Gasteiger partial charge in [0.1, 0.15) is 5.75 Å². The lowest BCUT2D eigenvalue weighted by Gasteiger charge is -2.17. The van der Waals surface area contributed by atoms with Crippen LogP contribution in [0, 0.1) is 6.92 Å². The van der Waals surface area contributed by atoms with Crippen LogP contribution in [0.15, 0.2) is 22.7 Å². The predicted molar refractivity (Wildman–Crippen MR) is 63.9 cm³/mol. The van der Waals surface area contributed by atoms with Crippen LogP contribution in [-0.2, 0) is 0 Å². The summed E-state index contributed by atoms with van der Waals surface area (Å²) in [7, 11) is 0. The van der Waals surface area contributed by atoms with Crippen molar-refractivity contribution >= 4 is 15.9 Å². The molecule has 0 aliphatic carbocycles. The highest BCUT2D eigenvalue weighted by Gasteiger charge is 2.07. The molecule has 0 saturated carbocycles. The van der Waals surface area contributed by atoms with E-state index in [1.165, 1.54) is 5.56 Å². The molecule has 0 fully saturated rings. The number of hydrogen-bond acceptors (Lipinski definition) is 1. The summed E-state index contributed by atoms with van der Waals surface area (Å²) in [6.45, 7) is 6.38. The van der Waals surface area contributed by atoms with Crippen molar-refractivity contribution in [3.63, 3.8) is 0 Å². The number of aryl methyl sites for hydroxylation is 1. The van der Waals surface area contributed by atoms with Crippen LogP contribution >= 0.6 is 15.9 Å². The van der Waals surface area contributed by atoms with Gasteiger partial charge in [0.05, 0.1) is 6.10 Å². The van der Waals surface area contributed by atoms with E-state index in [1.807, 2.05) is 12.1 Å². The molecule has 14 heavy (non-hydrogen) atoms. The molecule has 0 bridgehead atoms. The Morgan fingerprint density at radius 3 is 2.43 bits per heavy atom. The van der Waals surface area contributed by atoms with E-state index in [0.717, 1.165) is 23.1 Å². The van der Waals surface area contributed by atoms with Gasteiger partial charge in [0.2, 0.25) is 0 Å². The Hall–Kier alpha value is -0.500. The van der Waals surface area contributed by atoms with E-state index in [1.54, 1.807) is 0 Å². The van der Waals surface area contributed by atoms with E-state index in [4.69, 9.17) is 4.74 Å². The second kappa shape index (κ2) is 5.40. The summed E-state index contributed by atoms with van der Waals surface area (Å²) in [5.74, 6) is 1.00. The number of halogens is 1. The smallest absolute Gasteiger partial charge is 0.122 e. The zero-order valence-corrected chi connectivity index (χ0v) is 10.6. The Labute approximate surface area is 94.6 Å². The predicted octanol–water partition coefficient (Wildman–Crippen LogP) is 4.32. The van der Waals surface area contributed by atoms with Crippen LogP contribution in [-0.4, -0.2) is 6.10 Å². The van der Waals surface area contributed by atoms with Crippen LogP contribution in [0.4, 0.5) is 0 Å². The zero-order chi connectivity index (χ0) is 10.6. The van der Waals surface area contributed by atoms with Gasteiger partial charge in [0, 0.05) is 4.47 Å². The molecule has 0 aromatic heterocycles. The van der Waals surface area contributed by atoms with Gasteiger partial charge in [-0.2, -0.15) is 0 Å². The van der Waals surface area contributed by atoms with Crippen molar-refractivity contribution in [2.24, 2.45) is 0 Å². The third kappa shape index (κ3) is 3.02. The van der Waals surface area contributed by atoms with Gasteiger partial charge < -0.3 is 4.74 Å². The topological polar surface area (TPSA) is 9.23 Å². The third-order valence-electron chi connectivity index (χ3n) is 2.34. The van der Waals surface area contributed by atoms with E-state index >= 15 is 0 Å². The molecule has 2 heteroatoms. The van der Waals surface area contributed by atoms with Crippen molar-refractivity contribution in [1.29, 1.82) is 0 Å². The number of ether oxygens (including phenoxy) is 1. The minimum Gasteiger partial charge on any atom is -0.490 e. The molecular weight excluding hydrogens is 240 g/mol. The SMILES string of the molecule is CCC(CC)Oc1ccc(Br)cc1C. The van der Waals surface area contributed by atoms with E-state index in [9.17, 15) is 0 Å². The van der Waals surface area contributed by atoms with E-state index in [-0.39, 0.29) is 0 Å². The second-order valence-corrected chi connectivity index (χ2v) is 4.38. The lowest BCUT2D eigenvalue weighted by atomic mass is 10.2. The first-order valence-electron chi connectivity index (χ1n) is 5.10. The summed E-state index contributed by atoms with van der Waals surface area (Å²) in [5, 5.41) is 0. The monoisotopic (exact) mass is 256 g/mol. The van der Waals surface area contributed by atoms with Crippen LogP contribution < -0.4 is 4.74 Å². The van der Waals surface area contributed by atoms with Gasteiger partial charge >= 0.3 is 0 Å². The standard InChI is InChI=1S/C12H17BrO/c1-4-11(5-2)14-12-7-6-10(13)8-9(12)3/h6-8,11H,4-5H2,1-3H3. The molecule has 0 heterocycles. The van der Waals surface area contributed by atoms with Crippen molar-refractivity contribution in [3.05, 3.63) is 28.2 Å². The zero-order valence-electron chi connectivity index (χ0n) is 9.01. The summed E-state index contributed by atoms with van der Waals surface area (Å²) < 4.78 is 6.98. The van der Waals surface area contributed by atoms with E-state index in [0.29, 0.717) is 6.10 Å². The summed E-state index contributed by atoms with van der Waals surface area (Å²) in [6.07, 6.45) is 2.47. The first-order valence-corrected chi connectivity index (χ1v) is 5.89. The first kappa shape index (κ1) is 11.6. The number of rotatable bonds is 4. The molecule has 0 spiro atoms. The maximum Gasteiger partial charge on any atom is 0.122 e. The van der Waals surface area contributed by atoms with Crippen molar-refractivity contribution in [3.8, 4) is 5.75 Å². The van der Waals surface area contributed by atoms with Crippen LogP contribution in [0.1, 0.15) is 32.3 Å². The molecule has 0 atom stereocenters. The van der Waals surface area contributed by atoms with E-state index in [2.05, 4.69) is 42.8 Å². The Morgan fingerprint density at radius 1 is 1.29 bits per heavy atom. The highest BCUT2D eigenvalue weighted by atomic mass is 79.9. The molecule has 78 valence electrons. The molecule has 0 aliphatic rings. The number of hydrogen-bond donors (Lipinski definition) is 0. The molecule has 0 unspecified atom stereocenters. The fourth-order valence-corrected chi connectivity index (χ4v) is 1.86. The highest BCUT2D eigenvalue weighted by Crippen LogP contribution is 2.24. The molecule has 0 N–H and O–H groups in total. The summed E-state index contributed by atoms with van der Waals surface area (Å²) >= 11 is 3.44. The Bertz CT molecular complexity index is 292. The van der Waals surface area contributed by atoms with Gasteiger partial charge in [-0.3, -0.25) is 0 Å². The van der Waals surface area contributed by atoms with Gasteiger partial charge in [-0.15, -0.1) is 0 Å². The molecule has 1 aromatic carbocycles. The molecule has 0 saturated heterocycles. The van der Waals surface area contributed by atoms with Gasteiger partial charge in [-0.1, -0.05) is 29.8 Å². The maximum atomic E-state index is 5.88. The average Bonchev–Trinajstić information content (AvgIpc) is 2.17. The fourth-order valence-electron chi connectivity index (χ4n) is 1.38. The molecule has 1 nitrogen and oxygen atoms in total. The quantitative estimate of drug-likeness (QED) is 0.780. The molecule has 1 aromatic rings.